The van der Waals surface area contributed by atoms with Gasteiger partial charge in [-0.15, -0.1) is 0 Å². The lowest BCUT2D eigenvalue weighted by Gasteiger charge is -2.36. The summed E-state index contributed by atoms with van der Waals surface area (Å²) in [4.78, 5) is 28.6. The van der Waals surface area contributed by atoms with E-state index < -0.39 is 0 Å². The fraction of sp³-hybridized carbons (Fsp3) is 0.667. The van der Waals surface area contributed by atoms with Gasteiger partial charge in [-0.25, -0.2) is 0 Å². The van der Waals surface area contributed by atoms with Crippen molar-refractivity contribution < 1.29 is 14.0 Å². The van der Waals surface area contributed by atoms with E-state index in [9.17, 15) is 9.59 Å². The minimum atomic E-state index is -0.00143. The molecule has 2 heterocycles. The van der Waals surface area contributed by atoms with Crippen LogP contribution in [0.1, 0.15) is 37.9 Å². The smallest absolute Gasteiger partial charge is 0.234 e. The van der Waals surface area contributed by atoms with Crippen LogP contribution in [0.5, 0.6) is 0 Å². The molecule has 2 fully saturated rings. The highest BCUT2D eigenvalue weighted by molar-refractivity contribution is 5.79. The van der Waals surface area contributed by atoms with Crippen molar-refractivity contribution in [2.24, 2.45) is 5.92 Å². The molecule has 24 heavy (non-hydrogen) atoms. The van der Waals surface area contributed by atoms with Crippen molar-refractivity contribution in [1.82, 2.24) is 15.1 Å². The lowest BCUT2D eigenvalue weighted by Crippen LogP contribution is -2.52. The molecule has 0 unspecified atom stereocenters. The van der Waals surface area contributed by atoms with Gasteiger partial charge in [-0.1, -0.05) is 19.3 Å². The van der Waals surface area contributed by atoms with E-state index in [0.717, 1.165) is 44.8 Å². The van der Waals surface area contributed by atoms with Gasteiger partial charge in [0.1, 0.15) is 5.76 Å². The van der Waals surface area contributed by atoms with E-state index in [1.165, 1.54) is 19.3 Å². The van der Waals surface area contributed by atoms with E-state index in [1.54, 1.807) is 6.26 Å². The third kappa shape index (κ3) is 4.60. The van der Waals surface area contributed by atoms with Crippen LogP contribution in [-0.2, 0) is 16.1 Å². The lowest BCUT2D eigenvalue weighted by atomic mass is 9.88. The van der Waals surface area contributed by atoms with E-state index in [4.69, 9.17) is 4.42 Å². The van der Waals surface area contributed by atoms with Crippen molar-refractivity contribution >= 4 is 11.8 Å². The summed E-state index contributed by atoms with van der Waals surface area (Å²) in [6, 6.07) is 3.65. The van der Waals surface area contributed by atoms with Gasteiger partial charge in [0.15, 0.2) is 0 Å². The second kappa shape index (κ2) is 8.33. The molecule has 132 valence electrons. The van der Waals surface area contributed by atoms with Gasteiger partial charge in [-0.05, 0) is 25.0 Å². The lowest BCUT2D eigenvalue weighted by molar-refractivity contribution is -0.138. The number of nitrogens with one attached hydrogen (secondary N) is 1. The summed E-state index contributed by atoms with van der Waals surface area (Å²) in [5.41, 5.74) is 0. The second-order valence-corrected chi connectivity index (χ2v) is 6.79. The third-order valence-corrected chi connectivity index (χ3v) is 5.05. The van der Waals surface area contributed by atoms with E-state index in [-0.39, 0.29) is 11.8 Å². The second-order valence-electron chi connectivity index (χ2n) is 6.79. The summed E-state index contributed by atoms with van der Waals surface area (Å²) in [6.45, 7) is 3.82. The zero-order chi connectivity index (χ0) is 16.8. The van der Waals surface area contributed by atoms with Crippen LogP contribution in [0.15, 0.2) is 22.8 Å². The van der Waals surface area contributed by atoms with Crippen molar-refractivity contribution in [2.45, 2.75) is 38.6 Å². The van der Waals surface area contributed by atoms with Gasteiger partial charge in [-0.3, -0.25) is 14.5 Å². The molecule has 0 atom stereocenters. The molecule has 0 aromatic carbocycles. The van der Waals surface area contributed by atoms with Crippen LogP contribution < -0.4 is 5.32 Å². The van der Waals surface area contributed by atoms with Gasteiger partial charge in [0, 0.05) is 32.1 Å². The van der Waals surface area contributed by atoms with Gasteiger partial charge in [0.2, 0.25) is 11.8 Å². The summed E-state index contributed by atoms with van der Waals surface area (Å²) in [5.74, 6) is 1.32. The monoisotopic (exact) mass is 333 g/mol. The molecule has 1 aliphatic carbocycles. The maximum absolute atomic E-state index is 12.5. The number of rotatable bonds is 5. The number of nitrogens with zero attached hydrogens (tertiary/aromatic N) is 2. The molecule has 1 saturated heterocycles. The quantitative estimate of drug-likeness (QED) is 0.889. The number of hydrogen-bond donors (Lipinski definition) is 1. The predicted molar refractivity (Wildman–Crippen MR) is 90.1 cm³/mol. The van der Waals surface area contributed by atoms with E-state index in [1.807, 2.05) is 17.0 Å². The van der Waals surface area contributed by atoms with E-state index in [2.05, 4.69) is 10.2 Å². The van der Waals surface area contributed by atoms with Gasteiger partial charge in [0.25, 0.3) is 0 Å². The minimum Gasteiger partial charge on any atom is -0.467 e. The molecule has 1 aliphatic heterocycles. The first-order chi connectivity index (χ1) is 11.7. The van der Waals surface area contributed by atoms with Crippen LogP contribution >= 0.6 is 0 Å². The highest BCUT2D eigenvalue weighted by atomic mass is 16.3. The Labute approximate surface area is 143 Å². The summed E-state index contributed by atoms with van der Waals surface area (Å²) in [5, 5.41) is 2.86. The Balaban J connectivity index is 1.36. The standard InChI is InChI=1S/C18H27N3O3/c22-17(19-13-16-7-4-12-24-16)14-20-8-10-21(11-9-20)18(23)15-5-2-1-3-6-15/h4,7,12,15H,1-3,5-6,8-11,13-14H2,(H,19,22). The van der Waals surface area contributed by atoms with Gasteiger partial charge in [-0.2, -0.15) is 0 Å². The zero-order valence-corrected chi connectivity index (χ0v) is 14.2. The van der Waals surface area contributed by atoms with Gasteiger partial charge < -0.3 is 14.6 Å². The van der Waals surface area contributed by atoms with Gasteiger partial charge >= 0.3 is 0 Å². The first kappa shape index (κ1) is 17.0. The molecule has 1 aromatic heterocycles. The maximum Gasteiger partial charge on any atom is 0.234 e. The normalized spacial score (nSPS) is 20.1. The molecular weight excluding hydrogens is 306 g/mol. The first-order valence-corrected chi connectivity index (χ1v) is 9.02. The zero-order valence-electron chi connectivity index (χ0n) is 14.2. The van der Waals surface area contributed by atoms with Crippen molar-refractivity contribution in [3.8, 4) is 0 Å². The van der Waals surface area contributed by atoms with Crippen molar-refractivity contribution in [3.05, 3.63) is 24.2 Å². The van der Waals surface area contributed by atoms with Crippen molar-refractivity contribution in [1.29, 1.82) is 0 Å². The Hall–Kier alpha value is -1.82. The van der Waals surface area contributed by atoms with Gasteiger partial charge in [0.05, 0.1) is 19.4 Å². The van der Waals surface area contributed by atoms with Crippen molar-refractivity contribution in [3.63, 3.8) is 0 Å². The average molecular weight is 333 g/mol. The molecule has 2 amide bonds. The van der Waals surface area contributed by atoms with E-state index >= 15 is 0 Å². The van der Waals surface area contributed by atoms with Crippen LogP contribution in [0, 0.1) is 5.92 Å². The summed E-state index contributed by atoms with van der Waals surface area (Å²) in [6.07, 6.45) is 7.34. The number of amides is 2. The Morgan fingerprint density at radius 2 is 1.88 bits per heavy atom. The number of hydrogen-bond acceptors (Lipinski definition) is 4. The SMILES string of the molecule is O=C(CN1CCN(C(=O)C2CCCCC2)CC1)NCc1ccco1. The topological polar surface area (TPSA) is 65.8 Å². The molecule has 2 aliphatic rings. The Bertz CT molecular complexity index is 530. The fourth-order valence-electron chi connectivity index (χ4n) is 3.59. The molecule has 6 heteroatoms. The minimum absolute atomic E-state index is 0.00143. The number of furan rings is 1. The highest BCUT2D eigenvalue weighted by Gasteiger charge is 2.28. The van der Waals surface area contributed by atoms with Crippen molar-refractivity contribution in [2.75, 3.05) is 32.7 Å². The molecule has 3 rings (SSSR count). The van der Waals surface area contributed by atoms with Crippen LogP contribution in [0.3, 0.4) is 0 Å². The molecular formula is C18H27N3O3. The first-order valence-electron chi connectivity index (χ1n) is 9.02. The molecule has 1 aromatic rings. The number of carbonyl (C=O) groups is 2. The third-order valence-electron chi connectivity index (χ3n) is 5.05. The van der Waals surface area contributed by atoms with Crippen LogP contribution in [0.4, 0.5) is 0 Å². The molecule has 0 radical (unpaired) electrons. The molecule has 0 bridgehead atoms. The molecule has 1 N–H and O–H groups in total. The summed E-state index contributed by atoms with van der Waals surface area (Å²) in [7, 11) is 0. The Morgan fingerprint density at radius 3 is 2.54 bits per heavy atom. The average Bonchev–Trinajstić information content (AvgIpc) is 3.14. The molecule has 1 saturated carbocycles. The van der Waals surface area contributed by atoms with Crippen LogP contribution in [0.25, 0.3) is 0 Å². The number of piperazine rings is 1. The maximum atomic E-state index is 12.5. The highest BCUT2D eigenvalue weighted by Crippen LogP contribution is 2.25. The Morgan fingerprint density at radius 1 is 1.12 bits per heavy atom. The fourth-order valence-corrected chi connectivity index (χ4v) is 3.59. The largest absolute Gasteiger partial charge is 0.467 e. The molecule has 6 nitrogen and oxygen atoms in total. The summed E-state index contributed by atoms with van der Waals surface area (Å²) < 4.78 is 5.20. The predicted octanol–water partition coefficient (Wildman–Crippen LogP) is 1.62. The summed E-state index contributed by atoms with van der Waals surface area (Å²) >= 11 is 0. The Kier molecular flexibility index (Phi) is 5.91. The van der Waals surface area contributed by atoms with Crippen LogP contribution in [0.2, 0.25) is 0 Å². The van der Waals surface area contributed by atoms with E-state index in [0.29, 0.717) is 19.0 Å². The number of carbonyl (C=O) groups excluding carboxylic acids is 2. The molecule has 0 spiro atoms. The van der Waals surface area contributed by atoms with Crippen LogP contribution in [-0.4, -0.2) is 54.3 Å².